The molecule has 0 atom stereocenters. The van der Waals surface area contributed by atoms with Gasteiger partial charge in [-0.25, -0.2) is 17.7 Å². The maximum atomic E-state index is 12.5. The van der Waals surface area contributed by atoms with Crippen LogP contribution in [0.4, 0.5) is 5.13 Å². The summed E-state index contributed by atoms with van der Waals surface area (Å²) in [6.07, 6.45) is 0. The van der Waals surface area contributed by atoms with Crippen LogP contribution in [0.2, 0.25) is 0 Å². The van der Waals surface area contributed by atoms with Gasteiger partial charge in [-0.2, -0.15) is 0 Å². The van der Waals surface area contributed by atoms with E-state index in [2.05, 4.69) is 26.2 Å². The summed E-state index contributed by atoms with van der Waals surface area (Å²) in [6.45, 7) is 1.95. The van der Waals surface area contributed by atoms with Crippen molar-refractivity contribution in [3.63, 3.8) is 0 Å². The fourth-order valence-electron chi connectivity index (χ4n) is 2.48. The zero-order valence-electron chi connectivity index (χ0n) is 15.4. The van der Waals surface area contributed by atoms with Gasteiger partial charge in [-0.05, 0) is 43.3 Å². The molecular weight excluding hydrogens is 462 g/mol. The molecule has 0 radical (unpaired) electrons. The van der Waals surface area contributed by atoms with Crippen molar-refractivity contribution in [2.45, 2.75) is 11.8 Å². The highest BCUT2D eigenvalue weighted by Gasteiger charge is 2.18. The van der Waals surface area contributed by atoms with Crippen LogP contribution in [0.1, 0.15) is 15.2 Å². The summed E-state index contributed by atoms with van der Waals surface area (Å²) in [5.41, 5.74) is 2.15. The lowest BCUT2D eigenvalue weighted by Crippen LogP contribution is -2.22. The molecule has 3 aromatic rings. The first-order chi connectivity index (χ1) is 13.2. The molecule has 0 spiro atoms. The van der Waals surface area contributed by atoms with Gasteiger partial charge >= 0.3 is 0 Å². The lowest BCUT2D eigenvalue weighted by Gasteiger charge is -2.11. The standard InChI is InChI=1S/C19H18BrN3O3S2/c1-12-17(13-4-8-15(20)9-5-13)21-19(27-12)22-18(24)14-6-10-16(11-7-14)28(25,26)23(2)3/h4-11H,1-3H3,(H,21,22,24). The van der Waals surface area contributed by atoms with Crippen LogP contribution in [-0.4, -0.2) is 37.7 Å². The second kappa shape index (κ2) is 8.12. The first-order valence-corrected chi connectivity index (χ1v) is 11.3. The summed E-state index contributed by atoms with van der Waals surface area (Å²) in [6, 6.07) is 13.6. The minimum absolute atomic E-state index is 0.136. The molecule has 146 valence electrons. The number of carbonyl (C=O) groups is 1. The third kappa shape index (κ3) is 4.33. The number of aryl methyl sites for hydroxylation is 1. The summed E-state index contributed by atoms with van der Waals surface area (Å²) in [5.74, 6) is -0.343. The van der Waals surface area contributed by atoms with Gasteiger partial charge in [0, 0.05) is 34.6 Å². The van der Waals surface area contributed by atoms with E-state index >= 15 is 0 Å². The first-order valence-electron chi connectivity index (χ1n) is 8.26. The molecular formula is C19H18BrN3O3S2. The van der Waals surface area contributed by atoms with Crippen molar-refractivity contribution in [2.75, 3.05) is 19.4 Å². The Morgan fingerprint density at radius 3 is 2.25 bits per heavy atom. The molecule has 9 heteroatoms. The molecule has 1 N–H and O–H groups in total. The molecule has 0 saturated heterocycles. The fourth-order valence-corrected chi connectivity index (χ4v) is 4.48. The third-order valence-corrected chi connectivity index (χ3v) is 7.27. The van der Waals surface area contributed by atoms with Gasteiger partial charge in [0.25, 0.3) is 5.91 Å². The Hall–Kier alpha value is -2.07. The smallest absolute Gasteiger partial charge is 0.257 e. The van der Waals surface area contributed by atoms with E-state index < -0.39 is 10.0 Å². The highest BCUT2D eigenvalue weighted by Crippen LogP contribution is 2.31. The number of rotatable bonds is 5. The minimum Gasteiger partial charge on any atom is -0.298 e. The van der Waals surface area contributed by atoms with Crippen molar-refractivity contribution in [3.8, 4) is 11.3 Å². The van der Waals surface area contributed by atoms with Gasteiger partial charge in [-0.1, -0.05) is 28.1 Å². The van der Waals surface area contributed by atoms with E-state index in [-0.39, 0.29) is 10.8 Å². The Bertz CT molecular complexity index is 1110. The quantitative estimate of drug-likeness (QED) is 0.588. The SMILES string of the molecule is Cc1sc(NC(=O)c2ccc(S(=O)(=O)N(C)C)cc2)nc1-c1ccc(Br)cc1. The monoisotopic (exact) mass is 479 g/mol. The van der Waals surface area contributed by atoms with Crippen molar-refractivity contribution in [2.24, 2.45) is 0 Å². The number of benzene rings is 2. The molecule has 0 aliphatic heterocycles. The Morgan fingerprint density at radius 2 is 1.68 bits per heavy atom. The molecule has 28 heavy (non-hydrogen) atoms. The molecule has 2 aromatic carbocycles. The van der Waals surface area contributed by atoms with Crippen molar-refractivity contribution in [1.82, 2.24) is 9.29 Å². The molecule has 3 rings (SSSR count). The van der Waals surface area contributed by atoms with Crippen LogP contribution in [0.3, 0.4) is 0 Å². The van der Waals surface area contributed by atoms with Crippen LogP contribution in [-0.2, 0) is 10.0 Å². The average molecular weight is 480 g/mol. The Labute approximate surface area is 176 Å². The van der Waals surface area contributed by atoms with E-state index in [9.17, 15) is 13.2 Å². The molecule has 0 aliphatic carbocycles. The Morgan fingerprint density at radius 1 is 1.07 bits per heavy atom. The highest BCUT2D eigenvalue weighted by molar-refractivity contribution is 9.10. The fraction of sp³-hybridized carbons (Fsp3) is 0.158. The number of nitrogens with one attached hydrogen (secondary N) is 1. The van der Waals surface area contributed by atoms with Crippen LogP contribution < -0.4 is 5.32 Å². The van der Waals surface area contributed by atoms with Gasteiger partial charge < -0.3 is 0 Å². The minimum atomic E-state index is -3.53. The second-order valence-corrected chi connectivity index (χ2v) is 10.5. The maximum absolute atomic E-state index is 12.5. The molecule has 0 aliphatic rings. The number of amides is 1. The highest BCUT2D eigenvalue weighted by atomic mass is 79.9. The van der Waals surface area contributed by atoms with E-state index in [0.29, 0.717) is 10.7 Å². The van der Waals surface area contributed by atoms with E-state index in [1.54, 1.807) is 0 Å². The molecule has 0 unspecified atom stereocenters. The van der Waals surface area contributed by atoms with E-state index in [0.717, 1.165) is 24.9 Å². The van der Waals surface area contributed by atoms with Crippen molar-refractivity contribution < 1.29 is 13.2 Å². The normalized spacial score (nSPS) is 11.6. The molecule has 1 aromatic heterocycles. The number of sulfonamides is 1. The number of hydrogen-bond donors (Lipinski definition) is 1. The van der Waals surface area contributed by atoms with Crippen LogP contribution in [0.25, 0.3) is 11.3 Å². The molecule has 1 amide bonds. The van der Waals surface area contributed by atoms with E-state index in [1.165, 1.54) is 49.7 Å². The van der Waals surface area contributed by atoms with Crippen molar-refractivity contribution in [1.29, 1.82) is 0 Å². The first kappa shape index (κ1) is 20.7. The maximum Gasteiger partial charge on any atom is 0.257 e. The predicted molar refractivity (Wildman–Crippen MR) is 115 cm³/mol. The average Bonchev–Trinajstić information content (AvgIpc) is 3.02. The summed E-state index contributed by atoms with van der Waals surface area (Å²) < 4.78 is 26.3. The summed E-state index contributed by atoms with van der Waals surface area (Å²) in [5, 5.41) is 3.27. The van der Waals surface area contributed by atoms with Crippen LogP contribution in [0, 0.1) is 6.92 Å². The lowest BCUT2D eigenvalue weighted by atomic mass is 10.1. The van der Waals surface area contributed by atoms with Gasteiger partial charge in [-0.15, -0.1) is 11.3 Å². The van der Waals surface area contributed by atoms with E-state index in [1.807, 2.05) is 31.2 Å². The van der Waals surface area contributed by atoms with Crippen LogP contribution in [0.5, 0.6) is 0 Å². The zero-order chi connectivity index (χ0) is 20.5. The lowest BCUT2D eigenvalue weighted by molar-refractivity contribution is 0.102. The van der Waals surface area contributed by atoms with Crippen molar-refractivity contribution >= 4 is 48.3 Å². The molecule has 6 nitrogen and oxygen atoms in total. The summed E-state index contributed by atoms with van der Waals surface area (Å²) in [4.78, 5) is 18.2. The summed E-state index contributed by atoms with van der Waals surface area (Å²) in [7, 11) is -0.602. The Kier molecular flexibility index (Phi) is 5.99. The number of anilines is 1. The number of aromatic nitrogens is 1. The largest absolute Gasteiger partial charge is 0.298 e. The number of carbonyl (C=O) groups excluding carboxylic acids is 1. The molecule has 0 fully saturated rings. The zero-order valence-corrected chi connectivity index (χ0v) is 18.7. The predicted octanol–water partition coefficient (Wildman–Crippen LogP) is 4.38. The number of nitrogens with zero attached hydrogens (tertiary/aromatic N) is 2. The van der Waals surface area contributed by atoms with Crippen molar-refractivity contribution in [3.05, 3.63) is 63.4 Å². The van der Waals surface area contributed by atoms with Crippen LogP contribution in [0.15, 0.2) is 57.9 Å². The third-order valence-electron chi connectivity index (χ3n) is 4.03. The molecule has 1 heterocycles. The van der Waals surface area contributed by atoms with Gasteiger partial charge in [0.1, 0.15) is 0 Å². The summed E-state index contributed by atoms with van der Waals surface area (Å²) >= 11 is 4.80. The molecule has 0 saturated carbocycles. The Balaban J connectivity index is 1.78. The van der Waals surface area contributed by atoms with Gasteiger partial charge in [-0.3, -0.25) is 10.1 Å². The number of halogens is 1. The van der Waals surface area contributed by atoms with Gasteiger partial charge in [0.05, 0.1) is 10.6 Å². The van der Waals surface area contributed by atoms with Gasteiger partial charge in [0.2, 0.25) is 10.0 Å². The second-order valence-electron chi connectivity index (χ2n) is 6.20. The van der Waals surface area contributed by atoms with Crippen LogP contribution >= 0.6 is 27.3 Å². The number of hydrogen-bond acceptors (Lipinski definition) is 5. The molecule has 0 bridgehead atoms. The van der Waals surface area contributed by atoms with Gasteiger partial charge in [0.15, 0.2) is 5.13 Å². The number of thiazole rings is 1. The topological polar surface area (TPSA) is 79.4 Å². The van der Waals surface area contributed by atoms with E-state index in [4.69, 9.17) is 0 Å².